The number of halogens is 4. The first-order valence-electron chi connectivity index (χ1n) is 7.56. The van der Waals surface area contributed by atoms with Gasteiger partial charge in [-0.1, -0.05) is 25.1 Å². The molecule has 0 fully saturated rings. The summed E-state index contributed by atoms with van der Waals surface area (Å²) in [5.41, 5.74) is 0.0423. The molecule has 0 radical (unpaired) electrons. The van der Waals surface area contributed by atoms with Gasteiger partial charge in [0.05, 0.1) is 16.8 Å². The third-order valence-corrected chi connectivity index (χ3v) is 3.94. The Kier molecular flexibility index (Phi) is 4.30. The fourth-order valence-electron chi connectivity index (χ4n) is 2.53. The quantitative estimate of drug-likeness (QED) is 0.640. The van der Waals surface area contributed by atoms with Gasteiger partial charge in [0, 0.05) is 5.56 Å². The molecule has 0 aromatic heterocycles. The molecular formula is C18H15F4NO. The molecule has 3 rings (SSSR count). The van der Waals surface area contributed by atoms with Gasteiger partial charge in [0.2, 0.25) is 5.90 Å². The summed E-state index contributed by atoms with van der Waals surface area (Å²) >= 11 is 0. The van der Waals surface area contributed by atoms with Crippen LogP contribution in [0.3, 0.4) is 0 Å². The van der Waals surface area contributed by atoms with Crippen LogP contribution in [0.25, 0.3) is 0 Å². The highest BCUT2D eigenvalue weighted by molar-refractivity contribution is 6.00. The molecule has 1 heterocycles. The van der Waals surface area contributed by atoms with Crippen molar-refractivity contribution in [2.45, 2.75) is 26.1 Å². The zero-order valence-electron chi connectivity index (χ0n) is 12.9. The lowest BCUT2D eigenvalue weighted by molar-refractivity contribution is -0.137. The van der Waals surface area contributed by atoms with Gasteiger partial charge < -0.3 is 4.74 Å². The van der Waals surface area contributed by atoms with E-state index in [1.54, 1.807) is 6.08 Å². The van der Waals surface area contributed by atoms with Gasteiger partial charge in [0.1, 0.15) is 12.4 Å². The lowest BCUT2D eigenvalue weighted by atomic mass is 10.1. The van der Waals surface area contributed by atoms with Crippen molar-refractivity contribution in [1.82, 2.24) is 0 Å². The van der Waals surface area contributed by atoms with Gasteiger partial charge in [-0.15, -0.1) is 0 Å². The Hall–Kier alpha value is -2.37. The van der Waals surface area contributed by atoms with E-state index < -0.39 is 17.6 Å². The summed E-state index contributed by atoms with van der Waals surface area (Å²) in [6.45, 7) is 1.99. The van der Waals surface area contributed by atoms with Crippen LogP contribution in [-0.2, 0) is 17.5 Å². The van der Waals surface area contributed by atoms with E-state index in [0.29, 0.717) is 5.56 Å². The van der Waals surface area contributed by atoms with Crippen molar-refractivity contribution in [3.63, 3.8) is 0 Å². The molecule has 2 aliphatic rings. The van der Waals surface area contributed by atoms with Gasteiger partial charge in [0.25, 0.3) is 0 Å². The SMILES string of the molecule is CCC1C=CC=C(C2=Nc3cc(C(F)(F)F)ccc3CO2)C(F)=C1. The van der Waals surface area contributed by atoms with E-state index in [2.05, 4.69) is 4.99 Å². The number of allylic oxidation sites excluding steroid dienone is 4. The highest BCUT2D eigenvalue weighted by Crippen LogP contribution is 2.36. The van der Waals surface area contributed by atoms with Crippen LogP contribution in [0.1, 0.15) is 24.5 Å². The van der Waals surface area contributed by atoms with Crippen LogP contribution >= 0.6 is 0 Å². The predicted molar refractivity (Wildman–Crippen MR) is 83.5 cm³/mol. The van der Waals surface area contributed by atoms with Crippen LogP contribution in [-0.4, -0.2) is 5.90 Å². The fraction of sp³-hybridized carbons (Fsp3) is 0.278. The maximum Gasteiger partial charge on any atom is 0.416 e. The lowest BCUT2D eigenvalue weighted by Crippen LogP contribution is -2.14. The van der Waals surface area contributed by atoms with Crippen LogP contribution in [0.15, 0.2) is 58.9 Å². The van der Waals surface area contributed by atoms with Crippen molar-refractivity contribution < 1.29 is 22.3 Å². The minimum Gasteiger partial charge on any atom is -0.472 e. The predicted octanol–water partition coefficient (Wildman–Crippen LogP) is 5.64. The number of hydrogen-bond acceptors (Lipinski definition) is 2. The number of alkyl halides is 3. The summed E-state index contributed by atoms with van der Waals surface area (Å²) in [5.74, 6) is -0.523. The van der Waals surface area contributed by atoms with E-state index in [1.807, 2.05) is 13.0 Å². The van der Waals surface area contributed by atoms with Crippen molar-refractivity contribution >= 4 is 11.6 Å². The Labute approximate surface area is 136 Å². The summed E-state index contributed by atoms with van der Waals surface area (Å²) in [7, 11) is 0. The zero-order chi connectivity index (χ0) is 17.3. The maximum absolute atomic E-state index is 14.4. The van der Waals surface area contributed by atoms with E-state index in [1.165, 1.54) is 18.2 Å². The Bertz CT molecular complexity index is 772. The minimum absolute atomic E-state index is 0.00280. The normalized spacial score (nSPS) is 20.4. The van der Waals surface area contributed by atoms with Crippen molar-refractivity contribution in [1.29, 1.82) is 0 Å². The first-order valence-corrected chi connectivity index (χ1v) is 7.56. The van der Waals surface area contributed by atoms with E-state index >= 15 is 0 Å². The molecule has 24 heavy (non-hydrogen) atoms. The van der Waals surface area contributed by atoms with E-state index in [9.17, 15) is 17.6 Å². The van der Waals surface area contributed by atoms with Gasteiger partial charge in [-0.3, -0.25) is 0 Å². The molecule has 1 unspecified atom stereocenters. The van der Waals surface area contributed by atoms with Crippen molar-refractivity contribution in [2.75, 3.05) is 0 Å². The molecular weight excluding hydrogens is 322 g/mol. The highest BCUT2D eigenvalue weighted by atomic mass is 19.4. The first kappa shape index (κ1) is 16.5. The molecule has 126 valence electrons. The number of fused-ring (bicyclic) bond motifs is 1. The lowest BCUT2D eigenvalue weighted by Gasteiger charge is -2.19. The third kappa shape index (κ3) is 3.27. The molecule has 0 saturated heterocycles. The second-order valence-electron chi connectivity index (χ2n) is 5.60. The van der Waals surface area contributed by atoms with E-state index in [4.69, 9.17) is 4.74 Å². The standard InChI is InChI=1S/C18H15F4NO/c1-2-11-4-3-5-14(15(19)8-11)17-23-16-9-13(18(20,21)22)7-6-12(16)10-24-17/h3-9,11H,2,10H2,1H3. The Morgan fingerprint density at radius 1 is 1.29 bits per heavy atom. The average molecular weight is 337 g/mol. The molecule has 0 amide bonds. The maximum atomic E-state index is 14.4. The molecule has 0 bridgehead atoms. The minimum atomic E-state index is -4.45. The smallest absolute Gasteiger partial charge is 0.416 e. The Morgan fingerprint density at radius 3 is 2.79 bits per heavy atom. The summed E-state index contributed by atoms with van der Waals surface area (Å²) < 4.78 is 58.4. The van der Waals surface area contributed by atoms with Crippen LogP contribution < -0.4 is 0 Å². The van der Waals surface area contributed by atoms with E-state index in [-0.39, 0.29) is 29.7 Å². The average Bonchev–Trinajstić information content (AvgIpc) is 2.74. The summed E-state index contributed by atoms with van der Waals surface area (Å²) in [5, 5.41) is 0. The molecule has 0 saturated carbocycles. The molecule has 0 N–H and O–H groups in total. The second-order valence-corrected chi connectivity index (χ2v) is 5.60. The van der Waals surface area contributed by atoms with Gasteiger partial charge >= 0.3 is 6.18 Å². The van der Waals surface area contributed by atoms with Crippen molar-refractivity contribution in [2.24, 2.45) is 10.9 Å². The monoisotopic (exact) mass is 337 g/mol. The van der Waals surface area contributed by atoms with Crippen molar-refractivity contribution in [3.05, 3.63) is 65.0 Å². The van der Waals surface area contributed by atoms with Gasteiger partial charge in [-0.2, -0.15) is 13.2 Å². The third-order valence-electron chi connectivity index (χ3n) is 3.94. The zero-order valence-corrected chi connectivity index (χ0v) is 12.9. The molecule has 1 aromatic rings. The number of nitrogens with zero attached hydrogens (tertiary/aromatic N) is 1. The van der Waals surface area contributed by atoms with Crippen LogP contribution in [0.4, 0.5) is 23.2 Å². The molecule has 1 aliphatic heterocycles. The molecule has 2 nitrogen and oxygen atoms in total. The van der Waals surface area contributed by atoms with Crippen molar-refractivity contribution in [3.8, 4) is 0 Å². The van der Waals surface area contributed by atoms with Gasteiger partial charge in [-0.05, 0) is 36.6 Å². The molecule has 6 heteroatoms. The molecule has 1 aliphatic carbocycles. The summed E-state index contributed by atoms with van der Waals surface area (Å²) in [4.78, 5) is 4.10. The Balaban J connectivity index is 1.99. The van der Waals surface area contributed by atoms with Crippen LogP contribution in [0.2, 0.25) is 0 Å². The number of benzene rings is 1. The largest absolute Gasteiger partial charge is 0.472 e. The summed E-state index contributed by atoms with van der Waals surface area (Å²) in [6.07, 6.45) is 2.84. The first-order chi connectivity index (χ1) is 11.4. The number of hydrogen-bond donors (Lipinski definition) is 0. The Morgan fingerprint density at radius 2 is 2.08 bits per heavy atom. The van der Waals surface area contributed by atoms with Gasteiger partial charge in [-0.25, -0.2) is 9.38 Å². The highest BCUT2D eigenvalue weighted by Gasteiger charge is 2.32. The number of aliphatic imine (C=N–C) groups is 1. The molecule has 1 atom stereocenters. The topological polar surface area (TPSA) is 21.6 Å². The second kappa shape index (κ2) is 6.26. The van der Waals surface area contributed by atoms with Crippen LogP contribution in [0, 0.1) is 5.92 Å². The van der Waals surface area contributed by atoms with Crippen LogP contribution in [0.5, 0.6) is 0 Å². The molecule has 1 aromatic carbocycles. The number of rotatable bonds is 2. The number of ether oxygens (including phenoxy) is 1. The summed E-state index contributed by atoms with van der Waals surface area (Å²) in [6, 6.07) is 3.28. The van der Waals surface area contributed by atoms with E-state index in [0.717, 1.165) is 18.6 Å². The fourth-order valence-corrected chi connectivity index (χ4v) is 2.53. The molecule has 0 spiro atoms. The van der Waals surface area contributed by atoms with Gasteiger partial charge in [0.15, 0.2) is 0 Å².